The van der Waals surface area contributed by atoms with Crippen LogP contribution in [0.25, 0.3) is 0 Å². The molecule has 27 heavy (non-hydrogen) atoms. The molecule has 1 aliphatic heterocycles. The van der Waals surface area contributed by atoms with Crippen molar-refractivity contribution in [3.05, 3.63) is 64.4 Å². The first kappa shape index (κ1) is 19.5. The molecule has 0 bridgehead atoms. The second kappa shape index (κ2) is 8.63. The van der Waals surface area contributed by atoms with Gasteiger partial charge < -0.3 is 15.4 Å². The topological polar surface area (TPSA) is 67.4 Å². The lowest BCUT2D eigenvalue weighted by atomic mass is 9.73. The average Bonchev–Trinajstić information content (AvgIpc) is 2.69. The van der Waals surface area contributed by atoms with Gasteiger partial charge in [0.25, 0.3) is 0 Å². The smallest absolute Gasteiger partial charge is 0.243 e. The number of halogens is 2. The third-order valence-electron chi connectivity index (χ3n) is 4.72. The summed E-state index contributed by atoms with van der Waals surface area (Å²) in [4.78, 5) is 25.1. The van der Waals surface area contributed by atoms with Crippen LogP contribution < -0.4 is 10.6 Å². The van der Waals surface area contributed by atoms with Crippen LogP contribution in [0, 0.1) is 5.82 Å². The number of amides is 2. The van der Waals surface area contributed by atoms with Gasteiger partial charge in [0.15, 0.2) is 0 Å². The zero-order valence-corrected chi connectivity index (χ0v) is 16.2. The van der Waals surface area contributed by atoms with Gasteiger partial charge in [-0.25, -0.2) is 4.39 Å². The number of rotatable bonds is 5. The molecule has 2 aromatic rings. The molecule has 0 spiro atoms. The van der Waals surface area contributed by atoms with Crippen LogP contribution in [0.2, 0.25) is 0 Å². The number of hydrogen-bond donors (Lipinski definition) is 2. The Labute approximate surface area is 165 Å². The molecule has 1 fully saturated rings. The van der Waals surface area contributed by atoms with Crippen molar-refractivity contribution >= 4 is 33.4 Å². The van der Waals surface area contributed by atoms with E-state index >= 15 is 0 Å². The SMILES string of the molecule is O=C(CNC(=O)C1(c2ccc(F)cc2)CCOCC1)Nc1ccc(Br)cc1. The Bertz CT molecular complexity index is 803. The summed E-state index contributed by atoms with van der Waals surface area (Å²) >= 11 is 3.33. The largest absolute Gasteiger partial charge is 0.381 e. The highest BCUT2D eigenvalue weighted by Crippen LogP contribution is 2.35. The molecule has 2 amide bonds. The number of benzene rings is 2. The number of anilines is 1. The van der Waals surface area contributed by atoms with Crippen molar-refractivity contribution in [2.24, 2.45) is 0 Å². The molecule has 3 rings (SSSR count). The van der Waals surface area contributed by atoms with Gasteiger partial charge in [-0.3, -0.25) is 9.59 Å². The van der Waals surface area contributed by atoms with Gasteiger partial charge in [-0.15, -0.1) is 0 Å². The first-order chi connectivity index (χ1) is 13.0. The van der Waals surface area contributed by atoms with Gasteiger partial charge >= 0.3 is 0 Å². The van der Waals surface area contributed by atoms with Crippen molar-refractivity contribution in [2.75, 3.05) is 25.1 Å². The normalized spacial score (nSPS) is 15.8. The molecule has 0 saturated carbocycles. The fourth-order valence-electron chi connectivity index (χ4n) is 3.20. The summed E-state index contributed by atoms with van der Waals surface area (Å²) in [5.41, 5.74) is 0.568. The third kappa shape index (κ3) is 4.73. The van der Waals surface area contributed by atoms with Crippen molar-refractivity contribution < 1.29 is 18.7 Å². The van der Waals surface area contributed by atoms with Crippen LogP contribution in [-0.2, 0) is 19.7 Å². The molecule has 1 saturated heterocycles. The van der Waals surface area contributed by atoms with Crippen LogP contribution in [0.4, 0.5) is 10.1 Å². The average molecular weight is 435 g/mol. The van der Waals surface area contributed by atoms with E-state index in [0.717, 1.165) is 10.0 Å². The van der Waals surface area contributed by atoms with Crippen molar-refractivity contribution in [3.8, 4) is 0 Å². The lowest BCUT2D eigenvalue weighted by Crippen LogP contribution is -2.49. The highest BCUT2D eigenvalue weighted by molar-refractivity contribution is 9.10. The Morgan fingerprint density at radius 3 is 2.30 bits per heavy atom. The van der Waals surface area contributed by atoms with Crippen LogP contribution in [0.1, 0.15) is 18.4 Å². The summed E-state index contributed by atoms with van der Waals surface area (Å²) in [6.07, 6.45) is 0.970. The molecular weight excluding hydrogens is 415 g/mol. The zero-order valence-electron chi connectivity index (χ0n) is 14.6. The Morgan fingerprint density at radius 2 is 1.67 bits per heavy atom. The summed E-state index contributed by atoms with van der Waals surface area (Å²) < 4.78 is 19.6. The number of carbonyl (C=O) groups excluding carboxylic acids is 2. The first-order valence-electron chi connectivity index (χ1n) is 8.67. The van der Waals surface area contributed by atoms with E-state index < -0.39 is 5.41 Å². The minimum Gasteiger partial charge on any atom is -0.381 e. The lowest BCUT2D eigenvalue weighted by molar-refractivity contribution is -0.132. The lowest BCUT2D eigenvalue weighted by Gasteiger charge is -2.36. The van der Waals surface area contributed by atoms with Gasteiger partial charge in [-0.2, -0.15) is 0 Å². The molecule has 0 atom stereocenters. The Kier molecular flexibility index (Phi) is 6.23. The molecule has 0 unspecified atom stereocenters. The van der Waals surface area contributed by atoms with E-state index in [2.05, 4.69) is 26.6 Å². The Balaban J connectivity index is 1.66. The highest BCUT2D eigenvalue weighted by atomic mass is 79.9. The van der Waals surface area contributed by atoms with E-state index in [1.807, 2.05) is 12.1 Å². The van der Waals surface area contributed by atoms with E-state index in [0.29, 0.717) is 31.7 Å². The van der Waals surface area contributed by atoms with E-state index in [9.17, 15) is 14.0 Å². The summed E-state index contributed by atoms with van der Waals surface area (Å²) in [7, 11) is 0. The van der Waals surface area contributed by atoms with Crippen LogP contribution in [-0.4, -0.2) is 31.6 Å². The maximum Gasteiger partial charge on any atom is 0.243 e. The number of carbonyl (C=O) groups is 2. The molecule has 7 heteroatoms. The second-order valence-corrected chi connectivity index (χ2v) is 7.35. The van der Waals surface area contributed by atoms with Crippen LogP contribution in [0.15, 0.2) is 53.0 Å². The summed E-state index contributed by atoms with van der Waals surface area (Å²) in [5.74, 6) is -0.911. The minimum atomic E-state index is -0.816. The minimum absolute atomic E-state index is 0.140. The molecule has 0 aliphatic carbocycles. The Hall–Kier alpha value is -2.25. The predicted molar refractivity (Wildman–Crippen MR) is 104 cm³/mol. The van der Waals surface area contributed by atoms with Gasteiger partial charge in [0, 0.05) is 23.4 Å². The van der Waals surface area contributed by atoms with Crippen molar-refractivity contribution in [2.45, 2.75) is 18.3 Å². The van der Waals surface area contributed by atoms with E-state index in [1.54, 1.807) is 24.3 Å². The van der Waals surface area contributed by atoms with Crippen molar-refractivity contribution in [1.29, 1.82) is 0 Å². The maximum absolute atomic E-state index is 13.3. The summed E-state index contributed by atoms with van der Waals surface area (Å²) in [5, 5.41) is 5.47. The van der Waals surface area contributed by atoms with Crippen molar-refractivity contribution in [1.82, 2.24) is 5.32 Å². The second-order valence-electron chi connectivity index (χ2n) is 6.44. The monoisotopic (exact) mass is 434 g/mol. The quantitative estimate of drug-likeness (QED) is 0.757. The number of hydrogen-bond acceptors (Lipinski definition) is 3. The van der Waals surface area contributed by atoms with Gasteiger partial charge in [-0.05, 0) is 54.8 Å². The van der Waals surface area contributed by atoms with Crippen LogP contribution in [0.3, 0.4) is 0 Å². The first-order valence-corrected chi connectivity index (χ1v) is 9.46. The fourth-order valence-corrected chi connectivity index (χ4v) is 3.47. The molecule has 142 valence electrons. The maximum atomic E-state index is 13.3. The molecule has 1 aliphatic rings. The zero-order chi connectivity index (χ0) is 19.3. The molecular formula is C20H20BrFN2O3. The molecule has 1 heterocycles. The molecule has 0 aromatic heterocycles. The number of nitrogens with one attached hydrogen (secondary N) is 2. The highest BCUT2D eigenvalue weighted by Gasteiger charge is 2.41. The van der Waals surface area contributed by atoms with Gasteiger partial charge in [0.1, 0.15) is 5.82 Å². The van der Waals surface area contributed by atoms with Gasteiger partial charge in [0.2, 0.25) is 11.8 Å². The molecule has 5 nitrogen and oxygen atoms in total. The van der Waals surface area contributed by atoms with E-state index in [-0.39, 0.29) is 24.2 Å². The third-order valence-corrected chi connectivity index (χ3v) is 5.24. The summed E-state index contributed by atoms with van der Waals surface area (Å²) in [6, 6.07) is 13.1. The van der Waals surface area contributed by atoms with Crippen LogP contribution in [0.5, 0.6) is 0 Å². The molecule has 2 aromatic carbocycles. The van der Waals surface area contributed by atoms with Crippen molar-refractivity contribution in [3.63, 3.8) is 0 Å². The van der Waals surface area contributed by atoms with E-state index in [4.69, 9.17) is 4.74 Å². The van der Waals surface area contributed by atoms with Gasteiger partial charge in [-0.1, -0.05) is 28.1 Å². The van der Waals surface area contributed by atoms with Gasteiger partial charge in [0.05, 0.1) is 12.0 Å². The number of ether oxygens (including phenoxy) is 1. The molecule has 2 N–H and O–H groups in total. The summed E-state index contributed by atoms with van der Waals surface area (Å²) in [6.45, 7) is 0.741. The van der Waals surface area contributed by atoms with E-state index in [1.165, 1.54) is 12.1 Å². The Morgan fingerprint density at radius 1 is 1.04 bits per heavy atom. The standard InChI is InChI=1S/C20H20BrFN2O3/c21-15-3-7-17(8-4-15)24-18(25)13-23-19(26)20(9-11-27-12-10-20)14-1-5-16(22)6-2-14/h1-8H,9-13H2,(H,23,26)(H,24,25). The fraction of sp³-hybridized carbons (Fsp3) is 0.300. The predicted octanol–water partition coefficient (Wildman–Crippen LogP) is 3.39. The molecule has 0 radical (unpaired) electrons. The van der Waals surface area contributed by atoms with Crippen LogP contribution >= 0.6 is 15.9 Å².